The topological polar surface area (TPSA) is 38.0 Å². The fraction of sp³-hybridized carbons (Fsp3) is 0.455. The lowest BCUT2D eigenvalue weighted by Gasteiger charge is -2.25. The van der Waals surface area contributed by atoms with Crippen LogP contribution in [0.2, 0.25) is 0 Å². The summed E-state index contributed by atoms with van der Waals surface area (Å²) in [7, 11) is 0. The van der Waals surface area contributed by atoms with Gasteiger partial charge in [0.1, 0.15) is 0 Å². The van der Waals surface area contributed by atoms with Gasteiger partial charge in [0.2, 0.25) is 0 Å². The van der Waals surface area contributed by atoms with Gasteiger partial charge in [-0.05, 0) is 37.0 Å². The van der Waals surface area contributed by atoms with Crippen LogP contribution < -0.4 is 11.1 Å². The van der Waals surface area contributed by atoms with Crippen LogP contribution in [-0.4, -0.2) is 6.54 Å². The number of hydrogen-bond acceptors (Lipinski definition) is 2. The molecule has 0 amide bonds. The van der Waals surface area contributed by atoms with Gasteiger partial charge in [-0.25, -0.2) is 0 Å². The zero-order chi connectivity index (χ0) is 9.10. The highest BCUT2D eigenvalue weighted by Gasteiger charge is 2.18. The lowest BCUT2D eigenvalue weighted by Crippen LogP contribution is -2.23. The molecule has 2 atom stereocenters. The molecule has 0 saturated carbocycles. The predicted octanol–water partition coefficient (Wildman–Crippen LogP) is 1.53. The number of nitrogens with one attached hydrogen (secondary N) is 1. The minimum atomic E-state index is 0.658. The van der Waals surface area contributed by atoms with Crippen molar-refractivity contribution in [3.8, 4) is 0 Å². The second-order valence-corrected chi connectivity index (χ2v) is 3.73. The molecule has 0 spiro atoms. The maximum absolute atomic E-state index is 5.67. The van der Waals surface area contributed by atoms with E-state index in [0.717, 1.165) is 18.7 Å². The molecule has 1 aliphatic heterocycles. The van der Waals surface area contributed by atoms with Crippen LogP contribution in [-0.2, 0) is 0 Å². The van der Waals surface area contributed by atoms with Crippen LogP contribution in [0.15, 0.2) is 36.2 Å². The Morgan fingerprint density at radius 2 is 2.23 bits per heavy atom. The smallest absolute Gasteiger partial charge is 0.0270 e. The first-order valence-corrected chi connectivity index (χ1v) is 4.90. The fourth-order valence-electron chi connectivity index (χ4n) is 1.95. The third kappa shape index (κ3) is 1.94. The van der Waals surface area contributed by atoms with E-state index in [0.29, 0.717) is 11.8 Å². The van der Waals surface area contributed by atoms with Gasteiger partial charge in [0, 0.05) is 12.2 Å². The van der Waals surface area contributed by atoms with E-state index in [2.05, 4.69) is 29.7 Å². The van der Waals surface area contributed by atoms with Crippen LogP contribution in [0.25, 0.3) is 0 Å². The maximum Gasteiger partial charge on any atom is 0.0270 e. The summed E-state index contributed by atoms with van der Waals surface area (Å²) in [6.45, 7) is 1.10. The normalized spacial score (nSPS) is 32.5. The summed E-state index contributed by atoms with van der Waals surface area (Å²) in [6, 6.07) is 0. The molecule has 0 radical (unpaired) electrons. The maximum atomic E-state index is 5.67. The molecule has 1 aliphatic carbocycles. The zero-order valence-corrected chi connectivity index (χ0v) is 7.74. The van der Waals surface area contributed by atoms with E-state index in [1.165, 1.54) is 6.42 Å². The van der Waals surface area contributed by atoms with Crippen molar-refractivity contribution in [1.82, 2.24) is 5.32 Å². The third-order valence-electron chi connectivity index (χ3n) is 2.79. The highest BCUT2D eigenvalue weighted by Crippen LogP contribution is 2.27. The Balaban J connectivity index is 1.99. The molecule has 0 bridgehead atoms. The van der Waals surface area contributed by atoms with Crippen molar-refractivity contribution >= 4 is 0 Å². The average Bonchev–Trinajstić information content (AvgIpc) is 2.20. The summed E-state index contributed by atoms with van der Waals surface area (Å²) >= 11 is 0. The first kappa shape index (κ1) is 8.42. The summed E-state index contributed by atoms with van der Waals surface area (Å²) in [5, 5.41) is 3.22. The second kappa shape index (κ2) is 3.69. The molecule has 70 valence electrons. The Morgan fingerprint density at radius 3 is 2.85 bits per heavy atom. The number of rotatable bonds is 1. The Bertz CT molecular complexity index is 263. The lowest BCUT2D eigenvalue weighted by atomic mass is 9.83. The molecule has 3 N–H and O–H groups in total. The van der Waals surface area contributed by atoms with Crippen molar-refractivity contribution in [2.75, 3.05) is 6.54 Å². The van der Waals surface area contributed by atoms with Crippen LogP contribution in [0.5, 0.6) is 0 Å². The van der Waals surface area contributed by atoms with E-state index < -0.39 is 0 Å². The Morgan fingerprint density at radius 1 is 1.31 bits per heavy atom. The van der Waals surface area contributed by atoms with Gasteiger partial charge < -0.3 is 11.1 Å². The summed E-state index contributed by atoms with van der Waals surface area (Å²) in [5.74, 6) is 1.35. The van der Waals surface area contributed by atoms with Gasteiger partial charge in [0.25, 0.3) is 0 Å². The lowest BCUT2D eigenvalue weighted by molar-refractivity contribution is 0.425. The molecule has 1 heterocycles. The molecule has 0 aromatic carbocycles. The van der Waals surface area contributed by atoms with Crippen molar-refractivity contribution < 1.29 is 0 Å². The van der Waals surface area contributed by atoms with Crippen molar-refractivity contribution in [3.63, 3.8) is 0 Å². The molecule has 2 heteroatoms. The van der Waals surface area contributed by atoms with Crippen LogP contribution in [0.3, 0.4) is 0 Å². The van der Waals surface area contributed by atoms with E-state index in [1.54, 1.807) is 0 Å². The van der Waals surface area contributed by atoms with Gasteiger partial charge in [-0.3, -0.25) is 0 Å². The number of allylic oxidation sites excluding steroid dienone is 4. The largest absolute Gasteiger partial charge is 0.399 e. The molecule has 0 fully saturated rings. The molecule has 2 unspecified atom stereocenters. The van der Waals surface area contributed by atoms with Gasteiger partial charge in [-0.1, -0.05) is 18.2 Å². The van der Waals surface area contributed by atoms with E-state index in [9.17, 15) is 0 Å². The molecule has 2 rings (SSSR count). The van der Waals surface area contributed by atoms with Crippen LogP contribution in [0.1, 0.15) is 12.8 Å². The van der Waals surface area contributed by atoms with Gasteiger partial charge in [-0.15, -0.1) is 0 Å². The summed E-state index contributed by atoms with van der Waals surface area (Å²) in [5.41, 5.74) is 6.58. The first-order chi connectivity index (χ1) is 6.36. The summed E-state index contributed by atoms with van der Waals surface area (Å²) < 4.78 is 0. The van der Waals surface area contributed by atoms with Gasteiger partial charge >= 0.3 is 0 Å². The molecular weight excluding hydrogens is 160 g/mol. The van der Waals surface area contributed by atoms with Crippen molar-refractivity contribution in [2.45, 2.75) is 12.8 Å². The van der Waals surface area contributed by atoms with E-state index in [4.69, 9.17) is 5.73 Å². The zero-order valence-electron chi connectivity index (χ0n) is 7.74. The number of hydrogen-bond donors (Lipinski definition) is 2. The van der Waals surface area contributed by atoms with E-state index >= 15 is 0 Å². The van der Waals surface area contributed by atoms with Gasteiger partial charge in [0.05, 0.1) is 0 Å². The quantitative estimate of drug-likeness (QED) is 0.636. The van der Waals surface area contributed by atoms with E-state index in [1.807, 2.05) is 6.08 Å². The highest BCUT2D eigenvalue weighted by atomic mass is 14.8. The Kier molecular flexibility index (Phi) is 2.39. The van der Waals surface area contributed by atoms with Crippen molar-refractivity contribution in [3.05, 3.63) is 36.2 Å². The minimum Gasteiger partial charge on any atom is -0.399 e. The molecule has 0 aromatic heterocycles. The van der Waals surface area contributed by atoms with Crippen LogP contribution >= 0.6 is 0 Å². The fourth-order valence-corrected chi connectivity index (χ4v) is 1.95. The first-order valence-electron chi connectivity index (χ1n) is 4.90. The standard InChI is InChI=1S/C11H16N2/c12-11-3-1-9(2-4-11)10-5-7-13-8-6-10/h1,3-5,7,9-10,13H,2,6,8,12H2. The van der Waals surface area contributed by atoms with Crippen molar-refractivity contribution in [1.29, 1.82) is 0 Å². The highest BCUT2D eigenvalue weighted by molar-refractivity contribution is 5.21. The molecule has 0 saturated heterocycles. The Labute approximate surface area is 79.2 Å². The molecule has 0 aromatic rings. The Hall–Kier alpha value is -1.18. The van der Waals surface area contributed by atoms with Gasteiger partial charge in [0.15, 0.2) is 0 Å². The van der Waals surface area contributed by atoms with Crippen LogP contribution in [0.4, 0.5) is 0 Å². The average molecular weight is 176 g/mol. The summed E-state index contributed by atoms with van der Waals surface area (Å²) in [4.78, 5) is 0. The SMILES string of the molecule is NC1=CCC(C2C=CNCC2)C=C1. The molecule has 2 aliphatic rings. The van der Waals surface area contributed by atoms with Gasteiger partial charge in [-0.2, -0.15) is 0 Å². The van der Waals surface area contributed by atoms with E-state index in [-0.39, 0.29) is 0 Å². The molecular formula is C11H16N2. The monoisotopic (exact) mass is 176 g/mol. The van der Waals surface area contributed by atoms with Crippen molar-refractivity contribution in [2.24, 2.45) is 17.6 Å². The second-order valence-electron chi connectivity index (χ2n) is 3.73. The number of nitrogens with two attached hydrogens (primary N) is 1. The third-order valence-corrected chi connectivity index (χ3v) is 2.79. The summed E-state index contributed by atoms with van der Waals surface area (Å²) in [6.07, 6.45) is 13.1. The predicted molar refractivity (Wildman–Crippen MR) is 54.8 cm³/mol. The minimum absolute atomic E-state index is 0.658. The molecule has 2 nitrogen and oxygen atoms in total. The molecule has 13 heavy (non-hydrogen) atoms. The van der Waals surface area contributed by atoms with Crippen LogP contribution in [0, 0.1) is 11.8 Å².